The first-order valence-corrected chi connectivity index (χ1v) is 11.2. The van der Waals surface area contributed by atoms with E-state index in [0.29, 0.717) is 30.2 Å². The molecule has 0 aliphatic carbocycles. The summed E-state index contributed by atoms with van der Waals surface area (Å²) in [6.45, 7) is 4.55. The highest BCUT2D eigenvalue weighted by atomic mass is 32.1. The number of amides is 1. The fraction of sp³-hybridized carbons (Fsp3) is 0.292. The van der Waals surface area contributed by atoms with Gasteiger partial charge in [-0.15, -0.1) is 11.3 Å². The molecule has 1 aromatic heterocycles. The Balaban J connectivity index is 1.63. The zero-order chi connectivity index (χ0) is 21.8. The average molecular weight is 437 g/mol. The third-order valence-corrected chi connectivity index (χ3v) is 5.90. The average Bonchev–Trinajstić information content (AvgIpc) is 3.25. The van der Waals surface area contributed by atoms with Gasteiger partial charge in [0.25, 0.3) is 5.91 Å². The zero-order valence-electron chi connectivity index (χ0n) is 17.6. The van der Waals surface area contributed by atoms with Crippen molar-refractivity contribution in [2.75, 3.05) is 18.1 Å². The van der Waals surface area contributed by atoms with Crippen LogP contribution in [-0.2, 0) is 22.5 Å². The number of ether oxygens (including phenoxy) is 2. The van der Waals surface area contributed by atoms with Crippen LogP contribution in [0, 0.1) is 0 Å². The first kappa shape index (κ1) is 21.1. The fourth-order valence-electron chi connectivity index (χ4n) is 3.50. The number of hydrogen-bond donors (Lipinski definition) is 0. The number of carbonyl (C=O) groups excluding carboxylic acids is 2. The fourth-order valence-corrected chi connectivity index (χ4v) is 4.41. The molecular weight excluding hydrogens is 412 g/mol. The highest BCUT2D eigenvalue weighted by Crippen LogP contribution is 2.37. The Kier molecular flexibility index (Phi) is 6.32. The molecule has 0 N–H and O–H groups in total. The Bertz CT molecular complexity index is 1110. The van der Waals surface area contributed by atoms with Gasteiger partial charge in [0.1, 0.15) is 5.75 Å². The maximum Gasteiger partial charge on any atom is 0.338 e. The Morgan fingerprint density at radius 3 is 2.90 bits per heavy atom. The summed E-state index contributed by atoms with van der Waals surface area (Å²) in [5.74, 6) is 0.164. The molecule has 1 amide bonds. The topological polar surface area (TPSA) is 68.7 Å². The quantitative estimate of drug-likeness (QED) is 0.495. The standard InChI is InChI=1S/C24H24N2O4S/c1-3-6-22-25-19(15-31-22)17-9-10-21-20(12-17)26(23(27)14-30-21)13-16-7-5-8-18(11-16)24(28)29-4-2/h5,7-12,15H,3-4,6,13-14H2,1-2H3. The van der Waals surface area contributed by atoms with E-state index in [9.17, 15) is 9.59 Å². The van der Waals surface area contributed by atoms with Gasteiger partial charge in [-0.05, 0) is 55.7 Å². The summed E-state index contributed by atoms with van der Waals surface area (Å²) in [6.07, 6.45) is 2.01. The predicted molar refractivity (Wildman–Crippen MR) is 121 cm³/mol. The van der Waals surface area contributed by atoms with Crippen molar-refractivity contribution < 1.29 is 19.1 Å². The van der Waals surface area contributed by atoms with Crippen LogP contribution in [0.3, 0.4) is 0 Å². The number of benzene rings is 2. The molecule has 160 valence electrons. The van der Waals surface area contributed by atoms with Gasteiger partial charge in [-0.3, -0.25) is 4.79 Å². The number of aryl methyl sites for hydroxylation is 1. The maximum atomic E-state index is 12.7. The first-order valence-electron chi connectivity index (χ1n) is 10.4. The molecule has 0 saturated heterocycles. The second kappa shape index (κ2) is 9.31. The van der Waals surface area contributed by atoms with Crippen LogP contribution in [-0.4, -0.2) is 30.1 Å². The van der Waals surface area contributed by atoms with Crippen molar-refractivity contribution in [3.8, 4) is 17.0 Å². The third-order valence-electron chi connectivity index (χ3n) is 4.99. The number of nitrogens with zero attached hydrogens (tertiary/aromatic N) is 2. The lowest BCUT2D eigenvalue weighted by Crippen LogP contribution is -2.38. The Hall–Kier alpha value is -3.19. The molecule has 1 aliphatic heterocycles. The van der Waals surface area contributed by atoms with Crippen LogP contribution >= 0.6 is 11.3 Å². The summed E-state index contributed by atoms with van der Waals surface area (Å²) < 4.78 is 10.7. The lowest BCUT2D eigenvalue weighted by molar-refractivity contribution is -0.121. The van der Waals surface area contributed by atoms with Crippen LogP contribution in [0.5, 0.6) is 5.75 Å². The van der Waals surface area contributed by atoms with E-state index < -0.39 is 0 Å². The summed E-state index contributed by atoms with van der Waals surface area (Å²) in [7, 11) is 0. The minimum atomic E-state index is -0.369. The molecule has 1 aliphatic rings. The zero-order valence-corrected chi connectivity index (χ0v) is 18.4. The molecule has 0 atom stereocenters. The molecule has 4 rings (SSSR count). The van der Waals surface area contributed by atoms with Gasteiger partial charge in [-0.25, -0.2) is 9.78 Å². The largest absolute Gasteiger partial charge is 0.482 e. The highest BCUT2D eigenvalue weighted by molar-refractivity contribution is 7.09. The molecule has 7 heteroatoms. The minimum absolute atomic E-state index is 0.0126. The number of anilines is 1. The smallest absolute Gasteiger partial charge is 0.338 e. The van der Waals surface area contributed by atoms with Gasteiger partial charge < -0.3 is 14.4 Å². The van der Waals surface area contributed by atoms with Crippen LogP contribution < -0.4 is 9.64 Å². The summed E-state index contributed by atoms with van der Waals surface area (Å²) in [6, 6.07) is 13.0. The van der Waals surface area contributed by atoms with E-state index in [0.717, 1.165) is 34.7 Å². The van der Waals surface area contributed by atoms with E-state index in [-0.39, 0.29) is 18.5 Å². The molecule has 2 heterocycles. The van der Waals surface area contributed by atoms with Crippen molar-refractivity contribution in [2.45, 2.75) is 33.2 Å². The molecule has 0 radical (unpaired) electrons. The van der Waals surface area contributed by atoms with E-state index >= 15 is 0 Å². The van der Waals surface area contributed by atoms with Crippen LogP contribution in [0.2, 0.25) is 0 Å². The molecule has 31 heavy (non-hydrogen) atoms. The Morgan fingerprint density at radius 1 is 1.23 bits per heavy atom. The number of carbonyl (C=O) groups is 2. The molecule has 0 bridgehead atoms. The molecule has 3 aromatic rings. The summed E-state index contributed by atoms with van der Waals surface area (Å²) in [5.41, 5.74) is 3.87. The van der Waals surface area contributed by atoms with Gasteiger partial charge in [0.15, 0.2) is 6.61 Å². The summed E-state index contributed by atoms with van der Waals surface area (Å²) in [5, 5.41) is 3.15. The number of aromatic nitrogens is 1. The Morgan fingerprint density at radius 2 is 2.10 bits per heavy atom. The summed E-state index contributed by atoms with van der Waals surface area (Å²) in [4.78, 5) is 31.2. The van der Waals surface area contributed by atoms with Gasteiger partial charge in [0.2, 0.25) is 0 Å². The van der Waals surface area contributed by atoms with Crippen LogP contribution in [0.4, 0.5) is 5.69 Å². The molecule has 0 spiro atoms. The van der Waals surface area contributed by atoms with E-state index in [2.05, 4.69) is 6.92 Å². The SMILES string of the molecule is CCCc1nc(-c2ccc3c(c2)N(Cc2cccc(C(=O)OCC)c2)C(=O)CO3)cs1. The first-order chi connectivity index (χ1) is 15.1. The summed E-state index contributed by atoms with van der Waals surface area (Å²) >= 11 is 1.65. The number of hydrogen-bond acceptors (Lipinski definition) is 6. The van der Waals surface area contributed by atoms with E-state index in [1.54, 1.807) is 41.4 Å². The minimum Gasteiger partial charge on any atom is -0.482 e. The molecule has 6 nitrogen and oxygen atoms in total. The maximum absolute atomic E-state index is 12.7. The van der Waals surface area contributed by atoms with E-state index in [1.807, 2.05) is 29.6 Å². The highest BCUT2D eigenvalue weighted by Gasteiger charge is 2.26. The van der Waals surface area contributed by atoms with Crippen LogP contribution in [0.25, 0.3) is 11.3 Å². The van der Waals surface area contributed by atoms with Crippen molar-refractivity contribution in [3.63, 3.8) is 0 Å². The van der Waals surface area contributed by atoms with Crippen molar-refractivity contribution in [3.05, 3.63) is 64.0 Å². The molecular formula is C24H24N2O4S. The molecule has 0 saturated carbocycles. The van der Waals surface area contributed by atoms with E-state index in [1.165, 1.54) is 0 Å². The molecule has 0 unspecified atom stereocenters. The van der Waals surface area contributed by atoms with Gasteiger partial charge in [0, 0.05) is 10.9 Å². The number of thiazole rings is 1. The van der Waals surface area contributed by atoms with Gasteiger partial charge in [-0.2, -0.15) is 0 Å². The Labute approximate surface area is 185 Å². The molecule has 2 aromatic carbocycles. The van der Waals surface area contributed by atoms with Crippen molar-refractivity contribution >= 4 is 28.9 Å². The normalized spacial score (nSPS) is 13.0. The lowest BCUT2D eigenvalue weighted by Gasteiger charge is -2.30. The predicted octanol–water partition coefficient (Wildman–Crippen LogP) is 4.86. The van der Waals surface area contributed by atoms with Crippen LogP contribution in [0.1, 0.15) is 41.2 Å². The van der Waals surface area contributed by atoms with Crippen LogP contribution in [0.15, 0.2) is 47.8 Å². The second-order valence-electron chi connectivity index (χ2n) is 7.25. The number of rotatable bonds is 7. The molecule has 0 fully saturated rings. The third kappa shape index (κ3) is 4.61. The van der Waals surface area contributed by atoms with Crippen molar-refractivity contribution in [1.29, 1.82) is 0 Å². The number of fused-ring (bicyclic) bond motifs is 1. The van der Waals surface area contributed by atoms with Gasteiger partial charge in [0.05, 0.1) is 35.1 Å². The van der Waals surface area contributed by atoms with Crippen molar-refractivity contribution in [2.24, 2.45) is 0 Å². The monoisotopic (exact) mass is 436 g/mol. The van der Waals surface area contributed by atoms with Crippen molar-refractivity contribution in [1.82, 2.24) is 4.98 Å². The van der Waals surface area contributed by atoms with E-state index in [4.69, 9.17) is 14.5 Å². The van der Waals surface area contributed by atoms with Gasteiger partial charge >= 0.3 is 5.97 Å². The van der Waals surface area contributed by atoms with Gasteiger partial charge in [-0.1, -0.05) is 19.1 Å². The second-order valence-corrected chi connectivity index (χ2v) is 8.19. The number of esters is 1. The lowest BCUT2D eigenvalue weighted by atomic mass is 10.1.